The summed E-state index contributed by atoms with van der Waals surface area (Å²) in [4.78, 5) is 12.5. The summed E-state index contributed by atoms with van der Waals surface area (Å²) < 4.78 is 11.2. The van der Waals surface area contributed by atoms with Crippen molar-refractivity contribution < 1.29 is 14.1 Å². The monoisotopic (exact) mass is 334 g/mol. The maximum absolute atomic E-state index is 12.5. The van der Waals surface area contributed by atoms with Gasteiger partial charge in [0.1, 0.15) is 12.4 Å². The predicted molar refractivity (Wildman–Crippen MR) is 93.4 cm³/mol. The number of hydrogen-bond donors (Lipinski definition) is 1. The summed E-state index contributed by atoms with van der Waals surface area (Å²) >= 11 is 0. The molecule has 126 valence electrons. The van der Waals surface area contributed by atoms with Gasteiger partial charge in [0, 0.05) is 6.54 Å². The Hall–Kier alpha value is -3.08. The number of amides is 1. The van der Waals surface area contributed by atoms with Crippen LogP contribution in [0, 0.1) is 13.8 Å². The average molecular weight is 334 g/mol. The number of benzene rings is 2. The zero-order chi connectivity index (χ0) is 17.4. The Morgan fingerprint density at radius 3 is 2.68 bits per heavy atom. The molecule has 0 saturated carbocycles. The van der Waals surface area contributed by atoms with E-state index < -0.39 is 0 Å². The third-order valence-corrected chi connectivity index (χ3v) is 4.33. The molecular weight excluding hydrogens is 316 g/mol. The molecule has 0 atom stereocenters. The van der Waals surface area contributed by atoms with E-state index in [1.165, 1.54) is 5.56 Å². The normalized spacial score (nSPS) is 12.1. The summed E-state index contributed by atoms with van der Waals surface area (Å²) in [5, 5.41) is 6.87. The maximum Gasteiger partial charge on any atom is 0.274 e. The Labute approximate surface area is 145 Å². The number of hydrogen-bond acceptors (Lipinski definition) is 4. The first kappa shape index (κ1) is 15.4. The van der Waals surface area contributed by atoms with Crippen LogP contribution in [0.3, 0.4) is 0 Å². The van der Waals surface area contributed by atoms with E-state index in [0.29, 0.717) is 17.9 Å². The summed E-state index contributed by atoms with van der Waals surface area (Å²) in [7, 11) is 0. The van der Waals surface area contributed by atoms with Gasteiger partial charge in [-0.3, -0.25) is 4.79 Å². The molecule has 0 bridgehead atoms. The molecular formula is C20H18N2O3. The largest absolute Gasteiger partial charge is 0.488 e. The zero-order valence-corrected chi connectivity index (χ0v) is 14.1. The molecule has 25 heavy (non-hydrogen) atoms. The van der Waals surface area contributed by atoms with Gasteiger partial charge in [0.15, 0.2) is 11.5 Å². The first-order valence-corrected chi connectivity index (χ1v) is 8.18. The summed E-state index contributed by atoms with van der Waals surface area (Å²) in [6.45, 7) is 4.75. The minimum atomic E-state index is -0.259. The molecule has 3 aromatic rings. The molecule has 1 aliphatic rings. The number of fused-ring (bicyclic) bond motifs is 3. The van der Waals surface area contributed by atoms with Gasteiger partial charge in [-0.15, -0.1) is 0 Å². The smallest absolute Gasteiger partial charge is 0.274 e. The molecule has 0 aliphatic carbocycles. The van der Waals surface area contributed by atoms with Gasteiger partial charge < -0.3 is 14.6 Å². The van der Waals surface area contributed by atoms with Crippen molar-refractivity contribution in [2.24, 2.45) is 0 Å². The van der Waals surface area contributed by atoms with Crippen molar-refractivity contribution >= 4 is 5.91 Å². The second kappa shape index (κ2) is 6.09. The fraction of sp³-hybridized carbons (Fsp3) is 0.200. The number of nitrogens with one attached hydrogen (secondary N) is 1. The minimum Gasteiger partial charge on any atom is -0.488 e. The van der Waals surface area contributed by atoms with Gasteiger partial charge in [-0.1, -0.05) is 46.6 Å². The Morgan fingerprint density at radius 1 is 1.12 bits per heavy atom. The first-order valence-electron chi connectivity index (χ1n) is 8.18. The van der Waals surface area contributed by atoms with Crippen LogP contribution in [0.1, 0.15) is 32.7 Å². The number of rotatable bonds is 3. The van der Waals surface area contributed by atoms with Crippen molar-refractivity contribution in [3.63, 3.8) is 0 Å². The molecule has 0 fully saturated rings. The van der Waals surface area contributed by atoms with Crippen molar-refractivity contribution in [1.82, 2.24) is 10.5 Å². The van der Waals surface area contributed by atoms with Crippen LogP contribution in [0.2, 0.25) is 0 Å². The second-order valence-electron chi connectivity index (χ2n) is 6.30. The summed E-state index contributed by atoms with van der Waals surface area (Å²) in [5.74, 6) is 1.11. The van der Waals surface area contributed by atoms with Gasteiger partial charge in [-0.2, -0.15) is 0 Å². The lowest BCUT2D eigenvalue weighted by Gasteiger charge is -2.16. The fourth-order valence-corrected chi connectivity index (χ4v) is 2.90. The second-order valence-corrected chi connectivity index (χ2v) is 6.30. The number of aromatic nitrogens is 1. The van der Waals surface area contributed by atoms with E-state index in [1.807, 2.05) is 56.3 Å². The van der Waals surface area contributed by atoms with E-state index in [9.17, 15) is 4.79 Å². The summed E-state index contributed by atoms with van der Waals surface area (Å²) in [5.41, 5.74) is 5.14. The number of carbonyl (C=O) groups excluding carboxylic acids is 1. The molecule has 1 aliphatic heterocycles. The van der Waals surface area contributed by atoms with Crippen LogP contribution in [0.4, 0.5) is 0 Å². The SMILES string of the molecule is Cc1ccc(CNC(=O)c2noc3c2COc2ccc(C)cc2-3)cc1. The van der Waals surface area contributed by atoms with Gasteiger partial charge in [0.05, 0.1) is 11.1 Å². The van der Waals surface area contributed by atoms with Crippen molar-refractivity contribution in [3.8, 4) is 17.1 Å². The lowest BCUT2D eigenvalue weighted by Crippen LogP contribution is -2.24. The Morgan fingerprint density at radius 2 is 1.88 bits per heavy atom. The molecule has 4 rings (SSSR count). The number of aryl methyl sites for hydroxylation is 2. The number of ether oxygens (including phenoxy) is 1. The highest BCUT2D eigenvalue weighted by molar-refractivity contribution is 5.95. The van der Waals surface area contributed by atoms with Crippen LogP contribution < -0.4 is 10.1 Å². The molecule has 2 heterocycles. The summed E-state index contributed by atoms with van der Waals surface area (Å²) in [6, 6.07) is 13.9. The Kier molecular flexibility index (Phi) is 3.76. The quantitative estimate of drug-likeness (QED) is 0.792. The molecule has 1 aromatic heterocycles. The number of nitrogens with zero attached hydrogens (tertiary/aromatic N) is 1. The van der Waals surface area contributed by atoms with Crippen LogP contribution in [-0.4, -0.2) is 11.1 Å². The molecule has 0 unspecified atom stereocenters. The highest BCUT2D eigenvalue weighted by atomic mass is 16.5. The van der Waals surface area contributed by atoms with Gasteiger partial charge in [0.25, 0.3) is 5.91 Å². The van der Waals surface area contributed by atoms with E-state index >= 15 is 0 Å². The third-order valence-electron chi connectivity index (χ3n) is 4.33. The predicted octanol–water partition coefficient (Wildman–Crippen LogP) is 3.78. The molecule has 0 saturated heterocycles. The third kappa shape index (κ3) is 2.89. The van der Waals surface area contributed by atoms with E-state index in [4.69, 9.17) is 9.26 Å². The van der Waals surface area contributed by atoms with Crippen LogP contribution >= 0.6 is 0 Å². The molecule has 5 nitrogen and oxygen atoms in total. The Bertz CT molecular complexity index is 942. The molecule has 2 aromatic carbocycles. The minimum absolute atomic E-state index is 0.259. The first-order chi connectivity index (χ1) is 12.1. The highest BCUT2D eigenvalue weighted by Crippen LogP contribution is 2.39. The van der Waals surface area contributed by atoms with Gasteiger partial charge >= 0.3 is 0 Å². The van der Waals surface area contributed by atoms with E-state index in [0.717, 1.165) is 22.4 Å². The fourth-order valence-electron chi connectivity index (χ4n) is 2.90. The van der Waals surface area contributed by atoms with Crippen LogP contribution in [0.25, 0.3) is 11.3 Å². The average Bonchev–Trinajstić information content (AvgIpc) is 3.05. The van der Waals surface area contributed by atoms with Gasteiger partial charge in [0.2, 0.25) is 0 Å². The van der Waals surface area contributed by atoms with E-state index in [2.05, 4.69) is 10.5 Å². The van der Waals surface area contributed by atoms with E-state index in [-0.39, 0.29) is 18.2 Å². The molecule has 0 spiro atoms. The van der Waals surface area contributed by atoms with Gasteiger partial charge in [-0.05, 0) is 31.5 Å². The molecule has 0 radical (unpaired) electrons. The molecule has 5 heteroatoms. The van der Waals surface area contributed by atoms with Crippen molar-refractivity contribution in [1.29, 1.82) is 0 Å². The van der Waals surface area contributed by atoms with Crippen molar-refractivity contribution in [2.45, 2.75) is 27.0 Å². The zero-order valence-electron chi connectivity index (χ0n) is 14.1. The highest BCUT2D eigenvalue weighted by Gasteiger charge is 2.28. The van der Waals surface area contributed by atoms with Crippen LogP contribution in [-0.2, 0) is 13.2 Å². The standard InChI is InChI=1S/C20H18N2O3/c1-12-3-6-14(7-4-12)10-21-20(23)18-16-11-24-17-8-5-13(2)9-15(17)19(16)25-22-18/h3-9H,10-11H2,1-2H3,(H,21,23). The summed E-state index contributed by atoms with van der Waals surface area (Å²) in [6.07, 6.45) is 0. The lowest BCUT2D eigenvalue weighted by atomic mass is 10.0. The Balaban J connectivity index is 1.56. The number of carbonyl (C=O) groups is 1. The van der Waals surface area contributed by atoms with E-state index in [1.54, 1.807) is 0 Å². The topological polar surface area (TPSA) is 64.4 Å². The molecule has 1 amide bonds. The van der Waals surface area contributed by atoms with Crippen LogP contribution in [0.5, 0.6) is 5.75 Å². The van der Waals surface area contributed by atoms with Crippen LogP contribution in [0.15, 0.2) is 47.0 Å². The van der Waals surface area contributed by atoms with Crippen molar-refractivity contribution in [3.05, 3.63) is 70.4 Å². The maximum atomic E-state index is 12.5. The van der Waals surface area contributed by atoms with Gasteiger partial charge in [-0.25, -0.2) is 0 Å². The lowest BCUT2D eigenvalue weighted by molar-refractivity contribution is 0.0940. The molecule has 1 N–H and O–H groups in total. The van der Waals surface area contributed by atoms with Crippen molar-refractivity contribution in [2.75, 3.05) is 0 Å².